The maximum absolute atomic E-state index is 11.5. The summed E-state index contributed by atoms with van der Waals surface area (Å²) >= 11 is 0. The van der Waals surface area contributed by atoms with Gasteiger partial charge in [0.05, 0.1) is 6.61 Å². The van der Waals surface area contributed by atoms with E-state index in [1.165, 1.54) is 0 Å². The Morgan fingerprint density at radius 1 is 1.22 bits per heavy atom. The van der Waals surface area contributed by atoms with Gasteiger partial charge in [-0.15, -0.1) is 0 Å². The lowest BCUT2D eigenvalue weighted by atomic mass is 10.1. The lowest BCUT2D eigenvalue weighted by molar-refractivity contribution is -0.155. The SMILES string of the molecule is COCCC(=O)N[C@H](C)CCC(=O)OC(C)(C)C. The van der Waals surface area contributed by atoms with Gasteiger partial charge in [0.15, 0.2) is 0 Å². The molecule has 0 spiro atoms. The van der Waals surface area contributed by atoms with Crippen molar-refractivity contribution in [3.8, 4) is 0 Å². The second-order valence-corrected chi connectivity index (χ2v) is 5.34. The van der Waals surface area contributed by atoms with Crippen LogP contribution in [0.4, 0.5) is 0 Å². The zero-order valence-corrected chi connectivity index (χ0v) is 12.0. The molecule has 0 aromatic heterocycles. The first-order valence-corrected chi connectivity index (χ1v) is 6.24. The Labute approximate surface area is 109 Å². The Bertz CT molecular complexity index is 271. The van der Waals surface area contributed by atoms with Crippen molar-refractivity contribution in [2.75, 3.05) is 13.7 Å². The summed E-state index contributed by atoms with van der Waals surface area (Å²) < 4.78 is 10.00. The highest BCUT2D eigenvalue weighted by Crippen LogP contribution is 2.09. The summed E-state index contributed by atoms with van der Waals surface area (Å²) in [7, 11) is 1.55. The molecule has 0 saturated heterocycles. The number of carbonyl (C=O) groups excluding carboxylic acids is 2. The van der Waals surface area contributed by atoms with Crippen LogP contribution in [0.15, 0.2) is 0 Å². The number of methoxy groups -OCH3 is 1. The van der Waals surface area contributed by atoms with Gasteiger partial charge in [0.25, 0.3) is 0 Å². The number of hydrogen-bond acceptors (Lipinski definition) is 4. The van der Waals surface area contributed by atoms with Gasteiger partial charge in [-0.05, 0) is 34.1 Å². The van der Waals surface area contributed by atoms with Crippen molar-refractivity contribution in [2.45, 2.75) is 58.6 Å². The van der Waals surface area contributed by atoms with Crippen molar-refractivity contribution in [3.63, 3.8) is 0 Å². The van der Waals surface area contributed by atoms with E-state index in [0.717, 1.165) is 0 Å². The van der Waals surface area contributed by atoms with Crippen molar-refractivity contribution in [3.05, 3.63) is 0 Å². The maximum atomic E-state index is 11.5. The molecule has 0 radical (unpaired) electrons. The van der Waals surface area contributed by atoms with Crippen LogP contribution in [-0.4, -0.2) is 37.2 Å². The Balaban J connectivity index is 3.79. The number of esters is 1. The summed E-state index contributed by atoms with van der Waals surface area (Å²) in [5, 5.41) is 2.81. The molecule has 5 heteroatoms. The number of nitrogens with one attached hydrogen (secondary N) is 1. The molecular weight excluding hydrogens is 234 g/mol. The van der Waals surface area contributed by atoms with Gasteiger partial charge < -0.3 is 14.8 Å². The van der Waals surface area contributed by atoms with Crippen LogP contribution < -0.4 is 5.32 Å². The molecule has 1 amide bonds. The van der Waals surface area contributed by atoms with E-state index in [9.17, 15) is 9.59 Å². The first-order valence-electron chi connectivity index (χ1n) is 6.24. The van der Waals surface area contributed by atoms with Crippen LogP contribution in [0, 0.1) is 0 Å². The highest BCUT2D eigenvalue weighted by atomic mass is 16.6. The number of amides is 1. The van der Waals surface area contributed by atoms with Crippen molar-refractivity contribution < 1.29 is 19.1 Å². The minimum Gasteiger partial charge on any atom is -0.460 e. The van der Waals surface area contributed by atoms with Crippen LogP contribution in [0.3, 0.4) is 0 Å². The molecular formula is C13H25NO4. The van der Waals surface area contributed by atoms with E-state index in [2.05, 4.69) is 5.32 Å². The monoisotopic (exact) mass is 259 g/mol. The quantitative estimate of drug-likeness (QED) is 0.706. The first-order chi connectivity index (χ1) is 8.24. The molecule has 0 unspecified atom stereocenters. The summed E-state index contributed by atoms with van der Waals surface area (Å²) in [5.41, 5.74) is -0.456. The topological polar surface area (TPSA) is 64.6 Å². The van der Waals surface area contributed by atoms with Gasteiger partial charge in [-0.2, -0.15) is 0 Å². The summed E-state index contributed by atoms with van der Waals surface area (Å²) in [5.74, 6) is -0.297. The van der Waals surface area contributed by atoms with Crippen molar-refractivity contribution in [1.82, 2.24) is 5.32 Å². The second-order valence-electron chi connectivity index (χ2n) is 5.34. The van der Waals surface area contributed by atoms with Crippen LogP contribution in [-0.2, 0) is 19.1 Å². The lowest BCUT2D eigenvalue weighted by Gasteiger charge is -2.20. The number of ether oxygens (including phenoxy) is 2. The summed E-state index contributed by atoms with van der Waals surface area (Å²) in [6, 6.07) is -0.0399. The van der Waals surface area contributed by atoms with Crippen LogP contribution >= 0.6 is 0 Å². The highest BCUT2D eigenvalue weighted by molar-refractivity contribution is 5.76. The summed E-state index contributed by atoms with van der Waals surface area (Å²) in [6.45, 7) is 7.78. The summed E-state index contributed by atoms with van der Waals surface area (Å²) in [6.07, 6.45) is 1.23. The molecule has 5 nitrogen and oxygen atoms in total. The van der Waals surface area contributed by atoms with Crippen LogP contribution in [0.1, 0.15) is 47.0 Å². The fourth-order valence-corrected chi connectivity index (χ4v) is 1.34. The predicted octanol–water partition coefficient (Wildman–Crippen LogP) is 1.65. The third-order valence-corrected chi connectivity index (χ3v) is 2.14. The summed E-state index contributed by atoms with van der Waals surface area (Å²) in [4.78, 5) is 22.8. The van der Waals surface area contributed by atoms with Gasteiger partial charge in [-0.1, -0.05) is 0 Å². The fraction of sp³-hybridized carbons (Fsp3) is 0.846. The fourth-order valence-electron chi connectivity index (χ4n) is 1.34. The number of hydrogen-bond donors (Lipinski definition) is 1. The average molecular weight is 259 g/mol. The maximum Gasteiger partial charge on any atom is 0.306 e. The minimum atomic E-state index is -0.456. The van der Waals surface area contributed by atoms with Crippen LogP contribution in [0.5, 0.6) is 0 Å². The number of carbonyl (C=O) groups is 2. The molecule has 0 aliphatic heterocycles. The van der Waals surface area contributed by atoms with Crippen molar-refractivity contribution >= 4 is 11.9 Å². The Morgan fingerprint density at radius 2 is 1.83 bits per heavy atom. The zero-order chi connectivity index (χ0) is 14.2. The van der Waals surface area contributed by atoms with E-state index in [1.54, 1.807) is 7.11 Å². The number of rotatable bonds is 7. The lowest BCUT2D eigenvalue weighted by Crippen LogP contribution is -2.34. The van der Waals surface area contributed by atoms with Gasteiger partial charge in [0, 0.05) is 26.0 Å². The van der Waals surface area contributed by atoms with Crippen molar-refractivity contribution in [2.24, 2.45) is 0 Å². The van der Waals surface area contributed by atoms with E-state index in [-0.39, 0.29) is 17.9 Å². The normalized spacial score (nSPS) is 12.9. The van der Waals surface area contributed by atoms with E-state index in [1.807, 2.05) is 27.7 Å². The van der Waals surface area contributed by atoms with Gasteiger partial charge >= 0.3 is 5.97 Å². The van der Waals surface area contributed by atoms with Crippen LogP contribution in [0.25, 0.3) is 0 Å². The molecule has 1 N–H and O–H groups in total. The van der Waals surface area contributed by atoms with E-state index < -0.39 is 5.60 Å². The molecule has 0 heterocycles. The smallest absolute Gasteiger partial charge is 0.306 e. The van der Waals surface area contributed by atoms with Gasteiger partial charge in [0.2, 0.25) is 5.91 Å². The molecule has 106 valence electrons. The highest BCUT2D eigenvalue weighted by Gasteiger charge is 2.17. The molecule has 0 aromatic carbocycles. The third-order valence-electron chi connectivity index (χ3n) is 2.14. The van der Waals surface area contributed by atoms with Crippen LogP contribution in [0.2, 0.25) is 0 Å². The molecule has 0 aromatic rings. The first kappa shape index (κ1) is 16.9. The third kappa shape index (κ3) is 10.1. The van der Waals surface area contributed by atoms with E-state index >= 15 is 0 Å². The Kier molecular flexibility index (Phi) is 7.59. The standard InChI is InChI=1S/C13H25NO4/c1-10(14-11(15)8-9-17-5)6-7-12(16)18-13(2,3)4/h10H,6-9H2,1-5H3,(H,14,15)/t10-/m1/s1. The largest absolute Gasteiger partial charge is 0.460 e. The minimum absolute atomic E-state index is 0.0399. The molecule has 1 atom stereocenters. The van der Waals surface area contributed by atoms with E-state index in [0.29, 0.717) is 25.9 Å². The van der Waals surface area contributed by atoms with Gasteiger partial charge in [-0.25, -0.2) is 0 Å². The molecule has 18 heavy (non-hydrogen) atoms. The molecule has 0 fully saturated rings. The Morgan fingerprint density at radius 3 is 2.33 bits per heavy atom. The Hall–Kier alpha value is -1.10. The predicted molar refractivity (Wildman–Crippen MR) is 69.2 cm³/mol. The molecule has 0 bridgehead atoms. The van der Waals surface area contributed by atoms with E-state index in [4.69, 9.17) is 9.47 Å². The van der Waals surface area contributed by atoms with Gasteiger partial charge in [0.1, 0.15) is 5.60 Å². The molecule has 0 saturated carbocycles. The molecule has 0 rings (SSSR count). The second kappa shape index (κ2) is 8.08. The van der Waals surface area contributed by atoms with Gasteiger partial charge in [-0.3, -0.25) is 9.59 Å². The zero-order valence-electron chi connectivity index (χ0n) is 12.0. The average Bonchev–Trinajstić information content (AvgIpc) is 2.21. The molecule has 0 aliphatic rings. The molecule has 0 aliphatic carbocycles. The van der Waals surface area contributed by atoms with Crippen molar-refractivity contribution in [1.29, 1.82) is 0 Å².